The van der Waals surface area contributed by atoms with E-state index in [0.29, 0.717) is 61.8 Å². The minimum absolute atomic E-state index is 0.561. The Labute approximate surface area is 190 Å². The van der Waals surface area contributed by atoms with Crippen LogP contribution in [0.3, 0.4) is 0 Å². The summed E-state index contributed by atoms with van der Waals surface area (Å²) in [5, 5.41) is 0. The Morgan fingerprint density at radius 2 is 0.710 bits per heavy atom. The molecule has 1 radical (unpaired) electrons. The van der Waals surface area contributed by atoms with Crippen LogP contribution >= 0.6 is 0 Å². The molecule has 0 spiro atoms. The Kier molecular flexibility index (Phi) is 15.7. The van der Waals surface area contributed by atoms with E-state index in [1.807, 2.05) is 0 Å². The van der Waals surface area contributed by atoms with Crippen molar-refractivity contribution in [1.82, 2.24) is 0 Å². The second-order valence-electron chi connectivity index (χ2n) is 7.78. The second kappa shape index (κ2) is 17.9. The van der Waals surface area contributed by atoms with E-state index in [1.165, 1.54) is 0 Å². The molecular weight excluding hydrogens is 392 g/mol. The van der Waals surface area contributed by atoms with Gasteiger partial charge in [0.15, 0.2) is 11.5 Å². The van der Waals surface area contributed by atoms with Gasteiger partial charge in [-0.05, 0) is 32.1 Å². The van der Waals surface area contributed by atoms with Gasteiger partial charge in [-0.1, -0.05) is 66.7 Å². The normalized spacial score (nSPS) is 10.7. The van der Waals surface area contributed by atoms with Crippen LogP contribution in [0.15, 0.2) is 0 Å². The number of benzene rings is 1. The summed E-state index contributed by atoms with van der Waals surface area (Å²) in [7, 11) is 0. The number of hydrogen-bond acceptors (Lipinski definition) is 5. The maximum atomic E-state index is 6.23. The highest BCUT2D eigenvalue weighted by atomic mass is 16.6. The predicted octanol–water partition coefficient (Wildman–Crippen LogP) is 7.38. The molecule has 5 heteroatoms. The molecule has 1 rings (SSSR count). The molecule has 0 unspecified atom stereocenters. The van der Waals surface area contributed by atoms with Crippen LogP contribution in [-0.2, 0) is 0 Å². The van der Waals surface area contributed by atoms with Crippen molar-refractivity contribution >= 4 is 0 Å². The van der Waals surface area contributed by atoms with Gasteiger partial charge in [0.2, 0.25) is 17.2 Å². The molecule has 0 amide bonds. The summed E-state index contributed by atoms with van der Waals surface area (Å²) in [6.07, 6.45) is 10.1. The lowest BCUT2D eigenvalue weighted by molar-refractivity contribution is 0.209. The molecule has 1 aromatic rings. The molecule has 0 aromatic heterocycles. The van der Waals surface area contributed by atoms with Crippen LogP contribution in [0.5, 0.6) is 28.7 Å². The summed E-state index contributed by atoms with van der Waals surface area (Å²) in [6, 6.07) is 3.31. The van der Waals surface area contributed by atoms with Gasteiger partial charge in [-0.3, -0.25) is 0 Å². The molecule has 0 aliphatic rings. The molecule has 5 nitrogen and oxygen atoms in total. The molecule has 0 bridgehead atoms. The monoisotopic (exact) mass is 437 g/mol. The first-order valence-electron chi connectivity index (χ1n) is 12.5. The van der Waals surface area contributed by atoms with Crippen molar-refractivity contribution in [3.63, 3.8) is 0 Å². The van der Waals surface area contributed by atoms with Crippen molar-refractivity contribution in [2.24, 2.45) is 0 Å². The fraction of sp³-hybridized carbons (Fsp3) is 0.769. The van der Waals surface area contributed by atoms with Gasteiger partial charge in [-0.2, -0.15) is 0 Å². The topological polar surface area (TPSA) is 46.2 Å². The fourth-order valence-corrected chi connectivity index (χ4v) is 2.72. The smallest absolute Gasteiger partial charge is 0.211 e. The molecule has 0 heterocycles. The van der Waals surface area contributed by atoms with Gasteiger partial charge in [-0.15, -0.1) is 0 Å². The zero-order chi connectivity index (χ0) is 22.7. The highest BCUT2D eigenvalue weighted by Crippen LogP contribution is 2.50. The Morgan fingerprint density at radius 1 is 0.419 bits per heavy atom. The molecule has 0 N–H and O–H groups in total. The van der Waals surface area contributed by atoms with Gasteiger partial charge >= 0.3 is 0 Å². The molecule has 0 fully saturated rings. The van der Waals surface area contributed by atoms with Crippen molar-refractivity contribution < 1.29 is 23.7 Å². The second-order valence-corrected chi connectivity index (χ2v) is 7.78. The SMILES string of the molecule is CCCCOc1[c]c(OCCCC)c(OCCCC)c(OCCCC)c1OCCCC. The van der Waals surface area contributed by atoms with E-state index in [2.05, 4.69) is 40.7 Å². The summed E-state index contributed by atoms with van der Waals surface area (Å²) in [5.41, 5.74) is 0. The lowest BCUT2D eigenvalue weighted by Crippen LogP contribution is -2.10. The minimum Gasteiger partial charge on any atom is -0.489 e. The highest BCUT2D eigenvalue weighted by Gasteiger charge is 2.25. The molecule has 1 aromatic carbocycles. The first-order valence-corrected chi connectivity index (χ1v) is 12.5. The Morgan fingerprint density at radius 3 is 1.03 bits per heavy atom. The van der Waals surface area contributed by atoms with Crippen LogP contribution in [0.4, 0.5) is 0 Å². The maximum absolute atomic E-state index is 6.23. The Balaban J connectivity index is 3.37. The first-order chi connectivity index (χ1) is 15.2. The third-order valence-electron chi connectivity index (χ3n) is 4.77. The summed E-state index contributed by atoms with van der Waals surface area (Å²) in [4.78, 5) is 0. The van der Waals surface area contributed by atoms with Gasteiger partial charge in [-0.25, -0.2) is 0 Å². The summed E-state index contributed by atoms with van der Waals surface area (Å²) < 4.78 is 30.8. The summed E-state index contributed by atoms with van der Waals surface area (Å²) in [6.45, 7) is 13.8. The van der Waals surface area contributed by atoms with Crippen LogP contribution in [0.25, 0.3) is 0 Å². The molecular formula is C26H45O5. The van der Waals surface area contributed by atoms with E-state index in [1.54, 1.807) is 0 Å². The highest BCUT2D eigenvalue weighted by molar-refractivity contribution is 5.65. The molecule has 179 valence electrons. The largest absolute Gasteiger partial charge is 0.489 e. The summed E-state index contributed by atoms with van der Waals surface area (Å²) >= 11 is 0. The molecule has 0 saturated heterocycles. The Hall–Kier alpha value is -1.78. The lowest BCUT2D eigenvalue weighted by Gasteiger charge is -2.22. The van der Waals surface area contributed by atoms with Crippen molar-refractivity contribution in [1.29, 1.82) is 0 Å². The zero-order valence-electron chi connectivity index (χ0n) is 20.6. The Bertz CT molecular complexity index is 531. The van der Waals surface area contributed by atoms with Crippen LogP contribution in [0, 0.1) is 6.07 Å². The standard InChI is InChI=1S/C26H45O5/c1-6-11-16-27-22-21-23(28-17-12-7-2)25(30-19-14-9-4)26(31-20-15-10-5)24(22)29-18-13-8-3/h6-20H2,1-5H3. The molecule has 0 saturated carbocycles. The maximum Gasteiger partial charge on any atom is 0.211 e. The van der Waals surface area contributed by atoms with E-state index in [4.69, 9.17) is 23.7 Å². The van der Waals surface area contributed by atoms with Crippen LogP contribution < -0.4 is 23.7 Å². The van der Waals surface area contributed by atoms with E-state index >= 15 is 0 Å². The first kappa shape index (κ1) is 27.3. The molecule has 31 heavy (non-hydrogen) atoms. The van der Waals surface area contributed by atoms with Crippen LogP contribution in [0.2, 0.25) is 0 Å². The molecule has 0 aliphatic carbocycles. The van der Waals surface area contributed by atoms with Crippen LogP contribution in [-0.4, -0.2) is 33.0 Å². The summed E-state index contributed by atoms with van der Waals surface area (Å²) in [5.74, 6) is 2.90. The van der Waals surface area contributed by atoms with Gasteiger partial charge in [0.05, 0.1) is 39.1 Å². The molecule has 0 atom stereocenters. The van der Waals surface area contributed by atoms with Gasteiger partial charge in [0.25, 0.3) is 0 Å². The van der Waals surface area contributed by atoms with Crippen molar-refractivity contribution in [3.8, 4) is 28.7 Å². The van der Waals surface area contributed by atoms with E-state index < -0.39 is 0 Å². The fourth-order valence-electron chi connectivity index (χ4n) is 2.72. The lowest BCUT2D eigenvalue weighted by atomic mass is 10.2. The zero-order valence-corrected chi connectivity index (χ0v) is 20.6. The van der Waals surface area contributed by atoms with Crippen molar-refractivity contribution in [3.05, 3.63) is 6.07 Å². The average Bonchev–Trinajstić information content (AvgIpc) is 2.77. The van der Waals surface area contributed by atoms with E-state index in [-0.39, 0.29) is 0 Å². The predicted molar refractivity (Wildman–Crippen MR) is 127 cm³/mol. The van der Waals surface area contributed by atoms with Gasteiger partial charge in [0, 0.05) is 0 Å². The van der Waals surface area contributed by atoms with E-state index in [0.717, 1.165) is 64.2 Å². The third kappa shape index (κ3) is 10.4. The third-order valence-corrected chi connectivity index (χ3v) is 4.77. The van der Waals surface area contributed by atoms with Gasteiger partial charge < -0.3 is 23.7 Å². The minimum atomic E-state index is 0.561. The van der Waals surface area contributed by atoms with E-state index in [9.17, 15) is 0 Å². The quantitative estimate of drug-likeness (QED) is 0.199. The number of unbranched alkanes of at least 4 members (excludes halogenated alkanes) is 5. The van der Waals surface area contributed by atoms with Gasteiger partial charge in [0.1, 0.15) is 0 Å². The average molecular weight is 438 g/mol. The van der Waals surface area contributed by atoms with Crippen molar-refractivity contribution in [2.45, 2.75) is 98.8 Å². The number of ether oxygens (including phenoxy) is 5. The van der Waals surface area contributed by atoms with Crippen LogP contribution in [0.1, 0.15) is 98.8 Å². The number of rotatable bonds is 20. The molecule has 0 aliphatic heterocycles. The number of hydrogen-bond donors (Lipinski definition) is 0. The van der Waals surface area contributed by atoms with Crippen molar-refractivity contribution in [2.75, 3.05) is 33.0 Å².